The van der Waals surface area contributed by atoms with Gasteiger partial charge in [0.05, 0.1) is 18.6 Å². The number of fused-ring (bicyclic) bond motifs is 1. The Bertz CT molecular complexity index is 1120. The van der Waals surface area contributed by atoms with Crippen LogP contribution in [0.1, 0.15) is 5.56 Å². The van der Waals surface area contributed by atoms with Gasteiger partial charge in [-0.25, -0.2) is 9.97 Å². The van der Waals surface area contributed by atoms with Gasteiger partial charge in [0.15, 0.2) is 0 Å². The van der Waals surface area contributed by atoms with Crippen LogP contribution in [0.15, 0.2) is 77.6 Å². The summed E-state index contributed by atoms with van der Waals surface area (Å²) in [4.78, 5) is 20.2. The maximum absolute atomic E-state index is 11.3. The number of anilines is 2. The number of carbonyl (C=O) groups excluding carboxylic acids is 1. The number of nitrogens with two attached hydrogens (primary N) is 1. The van der Waals surface area contributed by atoms with Gasteiger partial charge in [-0.15, -0.1) is 0 Å². The van der Waals surface area contributed by atoms with Crippen molar-refractivity contribution >= 4 is 40.7 Å². The second-order valence-electron chi connectivity index (χ2n) is 6.57. The first-order valence-electron chi connectivity index (χ1n) is 9.21. The molecule has 3 aromatic rings. The Hall–Kier alpha value is -4.00. The lowest BCUT2D eigenvalue weighted by molar-refractivity contribution is -0.114. The van der Waals surface area contributed by atoms with Crippen molar-refractivity contribution in [1.82, 2.24) is 15.0 Å². The Morgan fingerprint density at radius 2 is 2.07 bits per heavy atom. The summed E-state index contributed by atoms with van der Waals surface area (Å²) < 4.78 is 0. The van der Waals surface area contributed by atoms with Crippen LogP contribution >= 0.6 is 0 Å². The lowest BCUT2D eigenvalue weighted by Gasteiger charge is -2.20. The van der Waals surface area contributed by atoms with Crippen LogP contribution in [-0.2, 0) is 4.79 Å². The van der Waals surface area contributed by atoms with E-state index in [1.165, 1.54) is 0 Å². The molecule has 1 amide bonds. The quantitative estimate of drug-likeness (QED) is 0.681. The minimum atomic E-state index is -0.416. The maximum atomic E-state index is 11.3. The molecule has 1 aromatic heterocycles. The van der Waals surface area contributed by atoms with Gasteiger partial charge in [-0.1, -0.05) is 36.4 Å². The summed E-state index contributed by atoms with van der Waals surface area (Å²) in [6, 6.07) is 15.8. The molecule has 7 nitrogen and oxygen atoms in total. The largest absolute Gasteiger partial charge is 0.366 e. The number of rotatable bonds is 6. The van der Waals surface area contributed by atoms with E-state index in [0.29, 0.717) is 24.6 Å². The molecule has 2 heterocycles. The van der Waals surface area contributed by atoms with Crippen molar-refractivity contribution in [1.29, 1.82) is 0 Å². The number of nitrogens with one attached hydrogen (secondary N) is 1. The number of amides is 1. The third-order valence-corrected chi connectivity index (χ3v) is 4.44. The molecule has 3 N–H and O–H groups in total. The average Bonchev–Trinajstić information content (AvgIpc) is 2.75. The standard InChI is InChI=1S/C22H20N6O/c23-21(29)17-10-11-25-28(15-17)12-4-5-16-8-9-20-18(13-16)14-24-22(27-20)26-19-6-2-1-3-7-19/h1-11,13-14H,12,15H2,(H2,23,29)(H,24,26,27)/b5-4+. The average molecular weight is 384 g/mol. The molecule has 2 aromatic carbocycles. The van der Waals surface area contributed by atoms with Crippen molar-refractivity contribution < 1.29 is 4.79 Å². The van der Waals surface area contributed by atoms with Crippen LogP contribution in [0.2, 0.25) is 0 Å². The van der Waals surface area contributed by atoms with Gasteiger partial charge in [0, 0.05) is 29.1 Å². The van der Waals surface area contributed by atoms with Gasteiger partial charge in [-0.05, 0) is 35.9 Å². The number of hydrogen-bond acceptors (Lipinski definition) is 6. The smallest absolute Gasteiger partial charge is 0.246 e. The van der Waals surface area contributed by atoms with Gasteiger partial charge < -0.3 is 11.1 Å². The predicted octanol–water partition coefficient (Wildman–Crippen LogP) is 3.10. The van der Waals surface area contributed by atoms with Crippen molar-refractivity contribution in [3.05, 3.63) is 78.0 Å². The molecule has 0 saturated heterocycles. The first-order chi connectivity index (χ1) is 14.2. The van der Waals surface area contributed by atoms with Gasteiger partial charge in [-0.3, -0.25) is 9.80 Å². The van der Waals surface area contributed by atoms with Gasteiger partial charge in [-0.2, -0.15) is 5.10 Å². The fourth-order valence-corrected chi connectivity index (χ4v) is 2.96. The summed E-state index contributed by atoms with van der Waals surface area (Å²) >= 11 is 0. The molecule has 0 unspecified atom stereocenters. The zero-order valence-electron chi connectivity index (χ0n) is 15.7. The number of carbonyl (C=O) groups is 1. The molecule has 4 rings (SSSR count). The zero-order valence-corrected chi connectivity index (χ0v) is 15.7. The molecular weight excluding hydrogens is 364 g/mol. The highest BCUT2D eigenvalue weighted by Gasteiger charge is 2.11. The van der Waals surface area contributed by atoms with Crippen molar-refractivity contribution in [3.8, 4) is 0 Å². The highest BCUT2D eigenvalue weighted by Crippen LogP contribution is 2.18. The monoisotopic (exact) mass is 384 g/mol. The van der Waals surface area contributed by atoms with Crippen LogP contribution in [0.25, 0.3) is 17.0 Å². The Labute approximate surface area is 168 Å². The molecule has 0 radical (unpaired) electrons. The molecule has 1 aliphatic rings. The highest BCUT2D eigenvalue weighted by atomic mass is 16.1. The molecule has 144 valence electrons. The third-order valence-electron chi connectivity index (χ3n) is 4.44. The Morgan fingerprint density at radius 1 is 1.21 bits per heavy atom. The topological polar surface area (TPSA) is 96.5 Å². The Morgan fingerprint density at radius 3 is 2.90 bits per heavy atom. The Kier molecular flexibility index (Phi) is 5.29. The van der Waals surface area contributed by atoms with Crippen molar-refractivity contribution in [2.75, 3.05) is 18.4 Å². The van der Waals surface area contributed by atoms with E-state index in [9.17, 15) is 4.79 Å². The number of nitrogens with zero attached hydrogens (tertiary/aromatic N) is 4. The van der Waals surface area contributed by atoms with Crippen LogP contribution < -0.4 is 11.1 Å². The summed E-state index contributed by atoms with van der Waals surface area (Å²) in [5, 5.41) is 10.2. The SMILES string of the molecule is NC(=O)C1=CC=NN(C/C=C/c2ccc3nc(Nc4ccccc4)ncc3c2)C1. The Balaban J connectivity index is 1.42. The number of hydrogen-bond donors (Lipinski definition) is 2. The fraction of sp³-hybridized carbons (Fsp3) is 0.0909. The minimum absolute atomic E-state index is 0.416. The highest BCUT2D eigenvalue weighted by molar-refractivity contribution is 5.97. The van der Waals surface area contributed by atoms with Crippen molar-refractivity contribution in [3.63, 3.8) is 0 Å². The fourth-order valence-electron chi connectivity index (χ4n) is 2.96. The van der Waals surface area contributed by atoms with E-state index in [4.69, 9.17) is 5.73 Å². The van der Waals surface area contributed by atoms with Gasteiger partial charge in [0.25, 0.3) is 0 Å². The van der Waals surface area contributed by atoms with Gasteiger partial charge >= 0.3 is 0 Å². The van der Waals surface area contributed by atoms with Crippen molar-refractivity contribution in [2.45, 2.75) is 0 Å². The number of allylic oxidation sites excluding steroid dienone is 1. The van der Waals surface area contributed by atoms with Crippen LogP contribution in [0.5, 0.6) is 0 Å². The van der Waals surface area contributed by atoms with E-state index in [1.807, 2.05) is 66.9 Å². The van der Waals surface area contributed by atoms with E-state index < -0.39 is 5.91 Å². The molecule has 0 atom stereocenters. The van der Waals surface area contributed by atoms with Gasteiger partial charge in [0.2, 0.25) is 11.9 Å². The van der Waals surface area contributed by atoms with E-state index in [0.717, 1.165) is 22.2 Å². The molecule has 0 saturated carbocycles. The zero-order chi connectivity index (χ0) is 20.1. The molecule has 0 spiro atoms. The molecule has 1 aliphatic heterocycles. The van der Waals surface area contributed by atoms with Crippen LogP contribution in [0.3, 0.4) is 0 Å². The van der Waals surface area contributed by atoms with E-state index >= 15 is 0 Å². The second kappa shape index (κ2) is 8.35. The van der Waals surface area contributed by atoms with Crippen molar-refractivity contribution in [2.24, 2.45) is 10.8 Å². The van der Waals surface area contributed by atoms with Crippen LogP contribution in [-0.4, -0.2) is 40.2 Å². The van der Waals surface area contributed by atoms with Gasteiger partial charge in [0.1, 0.15) is 0 Å². The number of para-hydroxylation sites is 1. The molecule has 0 aliphatic carbocycles. The third kappa shape index (κ3) is 4.65. The van der Waals surface area contributed by atoms with Crippen LogP contribution in [0, 0.1) is 0 Å². The summed E-state index contributed by atoms with van der Waals surface area (Å²) in [7, 11) is 0. The number of primary amides is 1. The van der Waals surface area contributed by atoms with E-state index in [1.54, 1.807) is 17.3 Å². The summed E-state index contributed by atoms with van der Waals surface area (Å²) in [5.74, 6) is 0.147. The normalized spacial score (nSPS) is 13.7. The summed E-state index contributed by atoms with van der Waals surface area (Å²) in [5.41, 5.74) is 8.73. The molecular formula is C22H20N6O. The number of benzene rings is 2. The second-order valence-corrected chi connectivity index (χ2v) is 6.57. The molecule has 7 heteroatoms. The summed E-state index contributed by atoms with van der Waals surface area (Å²) in [6.07, 6.45) is 9.05. The maximum Gasteiger partial charge on any atom is 0.246 e. The molecule has 29 heavy (non-hydrogen) atoms. The first kappa shape index (κ1) is 18.4. The van der Waals surface area contributed by atoms with E-state index in [2.05, 4.69) is 20.4 Å². The minimum Gasteiger partial charge on any atom is -0.366 e. The number of hydrazone groups is 1. The van der Waals surface area contributed by atoms with E-state index in [-0.39, 0.29) is 0 Å². The van der Waals surface area contributed by atoms with Crippen LogP contribution in [0.4, 0.5) is 11.6 Å². The first-order valence-corrected chi connectivity index (χ1v) is 9.21. The number of aromatic nitrogens is 2. The molecule has 0 bridgehead atoms. The molecule has 0 fully saturated rings. The predicted molar refractivity (Wildman–Crippen MR) is 116 cm³/mol. The lowest BCUT2D eigenvalue weighted by Crippen LogP contribution is -2.29. The lowest BCUT2D eigenvalue weighted by atomic mass is 10.1. The summed E-state index contributed by atoms with van der Waals surface area (Å²) in [6.45, 7) is 0.995.